The lowest BCUT2D eigenvalue weighted by molar-refractivity contribution is 0.333. The van der Waals surface area contributed by atoms with Gasteiger partial charge in [-0.1, -0.05) is 37.6 Å². The van der Waals surface area contributed by atoms with E-state index in [1.807, 2.05) is 24.3 Å². The standard InChI is InChI=1S/C14H20ClNOS/c1-14(2)8-7-12(13(14)16)18(17)9-10-3-5-11(15)6-4-10/h3-6,12-13H,7-9,16H2,1-2H3. The number of hydrogen-bond acceptors (Lipinski definition) is 2. The molecule has 0 aromatic heterocycles. The first-order chi connectivity index (χ1) is 8.40. The zero-order chi connectivity index (χ0) is 13.3. The third-order valence-electron chi connectivity index (χ3n) is 3.94. The molecular weight excluding hydrogens is 266 g/mol. The van der Waals surface area contributed by atoms with E-state index in [1.54, 1.807) is 0 Å². The van der Waals surface area contributed by atoms with E-state index >= 15 is 0 Å². The van der Waals surface area contributed by atoms with Gasteiger partial charge in [0.15, 0.2) is 0 Å². The van der Waals surface area contributed by atoms with Crippen molar-refractivity contribution in [3.8, 4) is 0 Å². The lowest BCUT2D eigenvalue weighted by atomic mass is 9.88. The van der Waals surface area contributed by atoms with Crippen molar-refractivity contribution in [1.82, 2.24) is 0 Å². The second kappa shape index (κ2) is 5.32. The lowest BCUT2D eigenvalue weighted by Gasteiger charge is -2.26. The van der Waals surface area contributed by atoms with Gasteiger partial charge in [-0.15, -0.1) is 0 Å². The topological polar surface area (TPSA) is 43.1 Å². The summed E-state index contributed by atoms with van der Waals surface area (Å²) in [5.74, 6) is 0.575. The number of rotatable bonds is 3. The van der Waals surface area contributed by atoms with Gasteiger partial charge in [0.05, 0.1) is 5.25 Å². The Morgan fingerprint density at radius 2 is 2.00 bits per heavy atom. The van der Waals surface area contributed by atoms with Crippen LogP contribution in [-0.4, -0.2) is 15.5 Å². The van der Waals surface area contributed by atoms with E-state index in [9.17, 15) is 4.21 Å². The summed E-state index contributed by atoms with van der Waals surface area (Å²) in [5, 5.41) is 0.832. The van der Waals surface area contributed by atoms with E-state index in [4.69, 9.17) is 17.3 Å². The summed E-state index contributed by atoms with van der Waals surface area (Å²) in [6, 6.07) is 7.59. The number of hydrogen-bond donors (Lipinski definition) is 1. The minimum absolute atomic E-state index is 0.0330. The SMILES string of the molecule is CC1(C)CCC(S(=O)Cc2ccc(Cl)cc2)C1N. The first-order valence-electron chi connectivity index (χ1n) is 6.27. The maximum atomic E-state index is 12.4. The van der Waals surface area contributed by atoms with E-state index in [0.29, 0.717) is 10.8 Å². The van der Waals surface area contributed by atoms with E-state index in [2.05, 4.69) is 13.8 Å². The maximum absolute atomic E-state index is 12.4. The minimum atomic E-state index is -0.898. The van der Waals surface area contributed by atoms with Crippen LogP contribution in [0.5, 0.6) is 0 Å². The second-order valence-corrected chi connectivity index (χ2v) is 7.84. The summed E-state index contributed by atoms with van der Waals surface area (Å²) in [4.78, 5) is 0. The smallest absolute Gasteiger partial charge is 0.0507 e. The van der Waals surface area contributed by atoms with Crippen molar-refractivity contribution in [3.63, 3.8) is 0 Å². The molecule has 1 aromatic carbocycles. The Bertz CT molecular complexity index is 444. The van der Waals surface area contributed by atoms with Gasteiger partial charge in [-0.05, 0) is 36.0 Å². The molecule has 3 unspecified atom stereocenters. The fourth-order valence-electron chi connectivity index (χ4n) is 2.51. The van der Waals surface area contributed by atoms with Gasteiger partial charge in [0.2, 0.25) is 0 Å². The molecule has 0 aliphatic heterocycles. The molecule has 18 heavy (non-hydrogen) atoms. The van der Waals surface area contributed by atoms with Gasteiger partial charge in [0.25, 0.3) is 0 Å². The highest BCUT2D eigenvalue weighted by Crippen LogP contribution is 2.39. The molecule has 0 spiro atoms. The highest BCUT2D eigenvalue weighted by atomic mass is 35.5. The molecule has 0 amide bonds. The molecular formula is C14H20ClNOS. The van der Waals surface area contributed by atoms with Crippen LogP contribution in [0.1, 0.15) is 32.3 Å². The summed E-state index contributed by atoms with van der Waals surface area (Å²) in [6.07, 6.45) is 2.03. The van der Waals surface area contributed by atoms with E-state index in [0.717, 1.165) is 18.4 Å². The highest BCUT2D eigenvalue weighted by Gasteiger charge is 2.42. The molecule has 2 N–H and O–H groups in total. The van der Waals surface area contributed by atoms with Gasteiger partial charge in [-0.3, -0.25) is 4.21 Å². The fraction of sp³-hybridized carbons (Fsp3) is 0.571. The van der Waals surface area contributed by atoms with Crippen LogP contribution in [-0.2, 0) is 16.6 Å². The van der Waals surface area contributed by atoms with Gasteiger partial charge in [0, 0.05) is 27.6 Å². The molecule has 2 rings (SSSR count). The van der Waals surface area contributed by atoms with Crippen molar-refractivity contribution < 1.29 is 4.21 Å². The summed E-state index contributed by atoms with van der Waals surface area (Å²) < 4.78 is 12.4. The van der Waals surface area contributed by atoms with Gasteiger partial charge < -0.3 is 5.73 Å². The van der Waals surface area contributed by atoms with Crippen LogP contribution in [0.25, 0.3) is 0 Å². The molecule has 100 valence electrons. The number of nitrogens with two attached hydrogens (primary N) is 1. The Morgan fingerprint density at radius 1 is 1.39 bits per heavy atom. The fourth-order valence-corrected chi connectivity index (χ4v) is 4.45. The largest absolute Gasteiger partial charge is 0.326 e. The Morgan fingerprint density at radius 3 is 2.50 bits per heavy atom. The molecule has 0 bridgehead atoms. The third-order valence-corrected chi connectivity index (χ3v) is 6.01. The normalized spacial score (nSPS) is 28.2. The summed E-state index contributed by atoms with van der Waals surface area (Å²) >= 11 is 5.84. The van der Waals surface area contributed by atoms with Crippen molar-refractivity contribution in [2.45, 2.75) is 43.7 Å². The second-order valence-electron chi connectivity index (χ2n) is 5.74. The van der Waals surface area contributed by atoms with Crippen molar-refractivity contribution in [1.29, 1.82) is 0 Å². The van der Waals surface area contributed by atoms with Crippen LogP contribution >= 0.6 is 11.6 Å². The lowest BCUT2D eigenvalue weighted by Crippen LogP contribution is -2.42. The van der Waals surface area contributed by atoms with Gasteiger partial charge in [0.1, 0.15) is 0 Å². The quantitative estimate of drug-likeness (QED) is 0.927. The van der Waals surface area contributed by atoms with E-state index in [-0.39, 0.29) is 16.7 Å². The Balaban J connectivity index is 2.03. The predicted molar refractivity (Wildman–Crippen MR) is 78.1 cm³/mol. The molecule has 1 aliphatic carbocycles. The molecule has 0 radical (unpaired) electrons. The molecule has 4 heteroatoms. The molecule has 3 atom stereocenters. The van der Waals surface area contributed by atoms with Crippen molar-refractivity contribution >= 4 is 22.4 Å². The van der Waals surface area contributed by atoms with Crippen LogP contribution in [0.2, 0.25) is 5.02 Å². The Hall–Kier alpha value is -0.380. The van der Waals surface area contributed by atoms with Crippen molar-refractivity contribution in [2.75, 3.05) is 0 Å². The molecule has 1 aliphatic rings. The van der Waals surface area contributed by atoms with Crippen LogP contribution in [0.4, 0.5) is 0 Å². The van der Waals surface area contributed by atoms with Crippen LogP contribution in [0, 0.1) is 5.41 Å². The number of benzene rings is 1. The molecule has 0 saturated heterocycles. The predicted octanol–water partition coefficient (Wildman–Crippen LogP) is 3.10. The summed E-state index contributed by atoms with van der Waals surface area (Å²) in [7, 11) is -0.898. The van der Waals surface area contributed by atoms with Gasteiger partial charge in [-0.25, -0.2) is 0 Å². The number of halogens is 1. The van der Waals surface area contributed by atoms with Crippen molar-refractivity contribution in [2.24, 2.45) is 11.1 Å². The summed E-state index contributed by atoms with van der Waals surface area (Å²) in [6.45, 7) is 4.33. The van der Waals surface area contributed by atoms with Crippen molar-refractivity contribution in [3.05, 3.63) is 34.9 Å². The molecule has 1 aromatic rings. The monoisotopic (exact) mass is 285 g/mol. The first-order valence-corrected chi connectivity index (χ1v) is 8.03. The average molecular weight is 286 g/mol. The highest BCUT2D eigenvalue weighted by molar-refractivity contribution is 7.84. The van der Waals surface area contributed by atoms with E-state index in [1.165, 1.54) is 0 Å². The maximum Gasteiger partial charge on any atom is 0.0507 e. The Labute approximate surface area is 116 Å². The zero-order valence-corrected chi connectivity index (χ0v) is 12.4. The average Bonchev–Trinajstić information content (AvgIpc) is 2.58. The van der Waals surface area contributed by atoms with Crippen LogP contribution in [0.15, 0.2) is 24.3 Å². The minimum Gasteiger partial charge on any atom is -0.326 e. The van der Waals surface area contributed by atoms with Crippen LogP contribution < -0.4 is 5.73 Å². The zero-order valence-electron chi connectivity index (χ0n) is 10.9. The molecule has 2 nitrogen and oxygen atoms in total. The van der Waals surface area contributed by atoms with E-state index < -0.39 is 10.8 Å². The molecule has 0 heterocycles. The summed E-state index contributed by atoms with van der Waals surface area (Å²) in [5.41, 5.74) is 7.40. The van der Waals surface area contributed by atoms with Gasteiger partial charge in [-0.2, -0.15) is 0 Å². The van der Waals surface area contributed by atoms with Gasteiger partial charge >= 0.3 is 0 Å². The Kier molecular flexibility index (Phi) is 4.15. The third kappa shape index (κ3) is 2.95. The van der Waals surface area contributed by atoms with Crippen LogP contribution in [0.3, 0.4) is 0 Å². The molecule has 1 fully saturated rings. The first kappa shape index (κ1) is 14.0. The molecule has 1 saturated carbocycles.